The van der Waals surface area contributed by atoms with Crippen LogP contribution in [0.25, 0.3) is 0 Å². The maximum atomic E-state index is 6.03. The Morgan fingerprint density at radius 3 is 2.52 bits per heavy atom. The summed E-state index contributed by atoms with van der Waals surface area (Å²) in [5.74, 6) is 1.33. The van der Waals surface area contributed by atoms with E-state index in [1.54, 1.807) is 12.1 Å². The lowest BCUT2D eigenvalue weighted by Gasteiger charge is -2.23. The second kappa shape index (κ2) is 6.04. The number of hydrogen-bond donors (Lipinski definition) is 1. The van der Waals surface area contributed by atoms with E-state index in [9.17, 15) is 0 Å². The lowest BCUT2D eigenvalue weighted by Crippen LogP contribution is -2.13. The van der Waals surface area contributed by atoms with Gasteiger partial charge in [0, 0.05) is 18.2 Å². The van der Waals surface area contributed by atoms with E-state index in [1.165, 1.54) is 0 Å². The molecule has 21 heavy (non-hydrogen) atoms. The Morgan fingerprint density at radius 1 is 1.19 bits per heavy atom. The van der Waals surface area contributed by atoms with E-state index in [0.29, 0.717) is 16.6 Å². The summed E-state index contributed by atoms with van der Waals surface area (Å²) in [4.78, 5) is 4.36. The van der Waals surface area contributed by atoms with Gasteiger partial charge in [0.05, 0.1) is 10.7 Å². The molecule has 1 heterocycles. The Hall–Kier alpha value is -1.58. The summed E-state index contributed by atoms with van der Waals surface area (Å²) in [6, 6.07) is 9.74. The number of hydrogen-bond acceptors (Lipinski definition) is 3. The van der Waals surface area contributed by atoms with Crippen molar-refractivity contribution in [1.29, 1.82) is 0 Å². The van der Waals surface area contributed by atoms with Crippen molar-refractivity contribution in [1.82, 2.24) is 4.98 Å². The van der Waals surface area contributed by atoms with E-state index in [-0.39, 0.29) is 12.0 Å². The molecule has 0 radical (unpaired) electrons. The van der Waals surface area contributed by atoms with Crippen molar-refractivity contribution >= 4 is 11.6 Å². The molecule has 2 N–H and O–H groups in total. The van der Waals surface area contributed by atoms with Crippen molar-refractivity contribution in [3.8, 4) is 11.6 Å². The molecule has 0 bridgehead atoms. The number of halogens is 1. The number of pyridine rings is 1. The van der Waals surface area contributed by atoms with Gasteiger partial charge in [-0.2, -0.15) is 0 Å². The third kappa shape index (κ3) is 3.74. The van der Waals surface area contributed by atoms with Crippen LogP contribution < -0.4 is 10.5 Å². The molecule has 0 saturated heterocycles. The van der Waals surface area contributed by atoms with Crippen LogP contribution in [0.5, 0.6) is 11.6 Å². The standard InChI is InChI=1S/C17H21ClN2O/c1-11-5-6-12(17(2,3)4)15(9-11)21-16-8-7-13(18)14(10-19)20-16/h5-9H,10,19H2,1-4H3. The van der Waals surface area contributed by atoms with Crippen LogP contribution in [0.4, 0.5) is 0 Å². The Balaban J connectivity index is 2.41. The minimum absolute atomic E-state index is 0.00778. The van der Waals surface area contributed by atoms with Crippen LogP contribution in [0.2, 0.25) is 5.02 Å². The van der Waals surface area contributed by atoms with Gasteiger partial charge < -0.3 is 10.5 Å². The zero-order valence-corrected chi connectivity index (χ0v) is 13.7. The minimum atomic E-state index is -0.00778. The summed E-state index contributed by atoms with van der Waals surface area (Å²) >= 11 is 6.03. The fraction of sp³-hybridized carbons (Fsp3) is 0.353. The number of aryl methyl sites for hydroxylation is 1. The Kier molecular flexibility index (Phi) is 4.55. The molecular weight excluding hydrogens is 284 g/mol. The second-order valence-corrected chi connectivity index (χ2v) is 6.54. The van der Waals surface area contributed by atoms with Crippen molar-refractivity contribution in [2.75, 3.05) is 0 Å². The quantitative estimate of drug-likeness (QED) is 0.902. The number of benzene rings is 1. The molecule has 4 heteroatoms. The first kappa shape index (κ1) is 15.8. The van der Waals surface area contributed by atoms with Crippen LogP contribution in [0.1, 0.15) is 37.6 Å². The van der Waals surface area contributed by atoms with Gasteiger partial charge in [-0.3, -0.25) is 0 Å². The zero-order valence-electron chi connectivity index (χ0n) is 12.9. The Labute approximate surface area is 131 Å². The van der Waals surface area contributed by atoms with E-state index in [4.69, 9.17) is 22.1 Å². The summed E-state index contributed by atoms with van der Waals surface area (Å²) in [6.45, 7) is 8.80. The fourth-order valence-electron chi connectivity index (χ4n) is 2.11. The number of rotatable bonds is 3. The SMILES string of the molecule is Cc1ccc(C(C)(C)C)c(Oc2ccc(Cl)c(CN)n2)c1. The molecule has 0 aliphatic heterocycles. The van der Waals surface area contributed by atoms with E-state index in [2.05, 4.69) is 37.9 Å². The average Bonchev–Trinajstić information content (AvgIpc) is 2.39. The first-order valence-electron chi connectivity index (χ1n) is 6.95. The van der Waals surface area contributed by atoms with Crippen LogP contribution in [-0.2, 0) is 12.0 Å². The second-order valence-electron chi connectivity index (χ2n) is 6.13. The summed E-state index contributed by atoms with van der Waals surface area (Å²) < 4.78 is 5.99. The molecule has 0 amide bonds. The molecule has 3 nitrogen and oxygen atoms in total. The largest absolute Gasteiger partial charge is 0.439 e. The van der Waals surface area contributed by atoms with Gasteiger partial charge in [-0.25, -0.2) is 4.98 Å². The van der Waals surface area contributed by atoms with Crippen LogP contribution in [-0.4, -0.2) is 4.98 Å². The van der Waals surface area contributed by atoms with Gasteiger partial charge in [0.1, 0.15) is 5.75 Å². The molecule has 0 spiro atoms. The first-order valence-corrected chi connectivity index (χ1v) is 7.33. The summed E-state index contributed by atoms with van der Waals surface area (Å²) in [5, 5.41) is 0.560. The molecule has 0 unspecified atom stereocenters. The maximum absolute atomic E-state index is 6.03. The van der Waals surface area contributed by atoms with E-state index in [0.717, 1.165) is 16.9 Å². The van der Waals surface area contributed by atoms with Gasteiger partial charge in [-0.15, -0.1) is 0 Å². The lowest BCUT2D eigenvalue weighted by atomic mass is 9.86. The highest BCUT2D eigenvalue weighted by molar-refractivity contribution is 6.31. The Bertz CT molecular complexity index is 648. The van der Waals surface area contributed by atoms with Crippen LogP contribution in [0.3, 0.4) is 0 Å². The van der Waals surface area contributed by atoms with Gasteiger partial charge in [0.15, 0.2) is 0 Å². The molecular formula is C17H21ClN2O. The van der Waals surface area contributed by atoms with E-state index >= 15 is 0 Å². The maximum Gasteiger partial charge on any atom is 0.219 e. The van der Waals surface area contributed by atoms with E-state index in [1.807, 2.05) is 13.0 Å². The number of ether oxygens (including phenoxy) is 1. The lowest BCUT2D eigenvalue weighted by molar-refractivity contribution is 0.438. The third-order valence-corrected chi connectivity index (χ3v) is 3.59. The smallest absolute Gasteiger partial charge is 0.219 e. The molecule has 2 rings (SSSR count). The number of aromatic nitrogens is 1. The molecule has 1 aromatic heterocycles. The summed E-state index contributed by atoms with van der Waals surface area (Å²) in [5.41, 5.74) is 8.55. The third-order valence-electron chi connectivity index (χ3n) is 3.25. The fourth-order valence-corrected chi connectivity index (χ4v) is 2.29. The molecule has 0 aliphatic carbocycles. The van der Waals surface area contributed by atoms with Gasteiger partial charge in [0.25, 0.3) is 0 Å². The van der Waals surface area contributed by atoms with Crippen LogP contribution in [0.15, 0.2) is 30.3 Å². The van der Waals surface area contributed by atoms with Crippen molar-refractivity contribution in [2.24, 2.45) is 5.73 Å². The van der Waals surface area contributed by atoms with Gasteiger partial charge >= 0.3 is 0 Å². The zero-order chi connectivity index (χ0) is 15.6. The molecule has 112 valence electrons. The average molecular weight is 305 g/mol. The predicted octanol–water partition coefficient (Wildman–Crippen LogP) is 4.59. The molecule has 0 atom stereocenters. The first-order chi connectivity index (χ1) is 9.81. The number of nitrogens with zero attached hydrogens (tertiary/aromatic N) is 1. The van der Waals surface area contributed by atoms with E-state index < -0.39 is 0 Å². The predicted molar refractivity (Wildman–Crippen MR) is 87.1 cm³/mol. The molecule has 0 aliphatic rings. The molecule has 0 saturated carbocycles. The molecule has 1 aromatic carbocycles. The van der Waals surface area contributed by atoms with Crippen molar-refractivity contribution in [3.63, 3.8) is 0 Å². The summed E-state index contributed by atoms with van der Waals surface area (Å²) in [7, 11) is 0. The van der Waals surface area contributed by atoms with Gasteiger partial charge in [-0.05, 0) is 30.0 Å². The van der Waals surface area contributed by atoms with Crippen molar-refractivity contribution < 1.29 is 4.74 Å². The molecule has 2 aromatic rings. The minimum Gasteiger partial charge on any atom is -0.439 e. The van der Waals surface area contributed by atoms with Crippen molar-refractivity contribution in [2.45, 2.75) is 39.7 Å². The highest BCUT2D eigenvalue weighted by Crippen LogP contribution is 2.34. The highest BCUT2D eigenvalue weighted by atomic mass is 35.5. The highest BCUT2D eigenvalue weighted by Gasteiger charge is 2.19. The van der Waals surface area contributed by atoms with Gasteiger partial charge in [-0.1, -0.05) is 44.5 Å². The number of nitrogens with two attached hydrogens (primary N) is 1. The Morgan fingerprint density at radius 2 is 1.90 bits per heavy atom. The van der Waals surface area contributed by atoms with Crippen LogP contribution >= 0.6 is 11.6 Å². The normalized spacial score (nSPS) is 11.5. The van der Waals surface area contributed by atoms with Gasteiger partial charge in [0.2, 0.25) is 5.88 Å². The van der Waals surface area contributed by atoms with Crippen LogP contribution in [0, 0.1) is 6.92 Å². The summed E-state index contributed by atoms with van der Waals surface area (Å²) in [6.07, 6.45) is 0. The van der Waals surface area contributed by atoms with Crippen molar-refractivity contribution in [3.05, 3.63) is 52.2 Å². The molecule has 0 fully saturated rings. The monoisotopic (exact) mass is 304 g/mol. The topological polar surface area (TPSA) is 48.1 Å².